The van der Waals surface area contributed by atoms with E-state index in [1.165, 1.54) is 18.3 Å². The zero-order valence-electron chi connectivity index (χ0n) is 8.49. The van der Waals surface area contributed by atoms with Crippen LogP contribution in [0, 0.1) is 0 Å². The number of aromatic nitrogens is 1. The summed E-state index contributed by atoms with van der Waals surface area (Å²) in [6.07, 6.45) is 2.01. The number of aromatic amines is 1. The van der Waals surface area contributed by atoms with E-state index < -0.39 is 0 Å². The molecule has 0 unspecified atom stereocenters. The lowest BCUT2D eigenvalue weighted by atomic mass is 10.2. The fraction of sp³-hybridized carbons (Fsp3) is 0.400. The van der Waals surface area contributed by atoms with Gasteiger partial charge in [-0.15, -0.1) is 0 Å². The number of H-pyrrole nitrogens is 1. The molecule has 82 valence electrons. The van der Waals surface area contributed by atoms with Crippen molar-refractivity contribution in [3.8, 4) is 0 Å². The first-order valence-electron chi connectivity index (χ1n) is 4.77. The van der Waals surface area contributed by atoms with Gasteiger partial charge in [-0.1, -0.05) is 6.92 Å². The molecule has 0 bridgehead atoms. The van der Waals surface area contributed by atoms with Gasteiger partial charge in [0.1, 0.15) is 0 Å². The molecule has 1 aromatic heterocycles. The Kier molecular flexibility index (Phi) is 4.05. The van der Waals surface area contributed by atoms with Gasteiger partial charge in [0.15, 0.2) is 0 Å². The molecule has 0 saturated heterocycles. The van der Waals surface area contributed by atoms with Crippen LogP contribution >= 0.6 is 0 Å². The van der Waals surface area contributed by atoms with Gasteiger partial charge >= 0.3 is 0 Å². The van der Waals surface area contributed by atoms with Crippen LogP contribution < -0.4 is 10.9 Å². The molecule has 0 saturated carbocycles. The molecule has 1 amide bonds. The molecular weight excluding hydrogens is 196 g/mol. The van der Waals surface area contributed by atoms with Gasteiger partial charge in [0, 0.05) is 12.3 Å². The van der Waals surface area contributed by atoms with Gasteiger partial charge in [0.2, 0.25) is 5.56 Å². The predicted molar refractivity (Wildman–Crippen MR) is 55.7 cm³/mol. The van der Waals surface area contributed by atoms with Gasteiger partial charge in [-0.3, -0.25) is 9.59 Å². The Morgan fingerprint density at radius 2 is 2.33 bits per heavy atom. The molecule has 1 atom stereocenters. The van der Waals surface area contributed by atoms with E-state index in [0.29, 0.717) is 12.0 Å². The van der Waals surface area contributed by atoms with Crippen LogP contribution in [0.5, 0.6) is 0 Å². The van der Waals surface area contributed by atoms with Gasteiger partial charge in [-0.2, -0.15) is 0 Å². The number of hydrogen-bond donors (Lipinski definition) is 3. The second-order valence-corrected chi connectivity index (χ2v) is 3.20. The van der Waals surface area contributed by atoms with Crippen molar-refractivity contribution in [1.29, 1.82) is 0 Å². The summed E-state index contributed by atoms with van der Waals surface area (Å²) >= 11 is 0. The maximum atomic E-state index is 11.5. The van der Waals surface area contributed by atoms with Crippen LogP contribution in [0.4, 0.5) is 0 Å². The summed E-state index contributed by atoms with van der Waals surface area (Å²) in [5, 5.41) is 11.5. The number of aliphatic hydroxyl groups is 1. The lowest BCUT2D eigenvalue weighted by molar-refractivity contribution is 0.0914. The highest BCUT2D eigenvalue weighted by Crippen LogP contribution is 1.96. The zero-order valence-corrected chi connectivity index (χ0v) is 8.49. The Hall–Kier alpha value is -1.62. The van der Waals surface area contributed by atoms with Crippen LogP contribution in [0.25, 0.3) is 0 Å². The van der Waals surface area contributed by atoms with Crippen molar-refractivity contribution in [3.05, 3.63) is 34.2 Å². The molecule has 1 aromatic rings. The molecule has 0 aliphatic rings. The summed E-state index contributed by atoms with van der Waals surface area (Å²) in [6.45, 7) is 1.78. The number of rotatable bonds is 4. The van der Waals surface area contributed by atoms with Crippen molar-refractivity contribution in [1.82, 2.24) is 10.3 Å². The molecule has 5 heteroatoms. The van der Waals surface area contributed by atoms with E-state index in [-0.39, 0.29) is 24.1 Å². The summed E-state index contributed by atoms with van der Waals surface area (Å²) in [7, 11) is 0. The lowest BCUT2D eigenvalue weighted by Crippen LogP contribution is -2.37. The summed E-state index contributed by atoms with van der Waals surface area (Å²) in [5.74, 6) is -0.299. The van der Waals surface area contributed by atoms with E-state index in [1.54, 1.807) is 0 Å². The molecule has 0 aliphatic heterocycles. The van der Waals surface area contributed by atoms with Gasteiger partial charge in [0.05, 0.1) is 18.2 Å². The summed E-state index contributed by atoms with van der Waals surface area (Å²) in [6, 6.07) is 2.48. The molecule has 15 heavy (non-hydrogen) atoms. The van der Waals surface area contributed by atoms with Gasteiger partial charge < -0.3 is 15.4 Å². The monoisotopic (exact) mass is 210 g/mol. The van der Waals surface area contributed by atoms with Crippen molar-refractivity contribution in [2.45, 2.75) is 19.4 Å². The third-order valence-electron chi connectivity index (χ3n) is 2.09. The van der Waals surface area contributed by atoms with Crippen LogP contribution in [0.3, 0.4) is 0 Å². The number of hydrogen-bond acceptors (Lipinski definition) is 3. The van der Waals surface area contributed by atoms with Crippen LogP contribution in [0.1, 0.15) is 23.7 Å². The molecule has 1 heterocycles. The summed E-state index contributed by atoms with van der Waals surface area (Å²) in [4.78, 5) is 24.7. The highest BCUT2D eigenvalue weighted by Gasteiger charge is 2.10. The predicted octanol–water partition coefficient (Wildman–Crippen LogP) is -0.124. The molecular formula is C10H14N2O3. The average Bonchev–Trinajstić information content (AvgIpc) is 2.26. The number of amides is 1. The zero-order chi connectivity index (χ0) is 11.3. The Morgan fingerprint density at radius 1 is 1.60 bits per heavy atom. The molecule has 0 fully saturated rings. The number of carbonyl (C=O) groups excluding carboxylic acids is 1. The minimum Gasteiger partial charge on any atom is -0.394 e. The fourth-order valence-corrected chi connectivity index (χ4v) is 1.10. The van der Waals surface area contributed by atoms with Crippen LogP contribution in [-0.4, -0.2) is 28.6 Å². The third kappa shape index (κ3) is 3.21. The highest BCUT2D eigenvalue weighted by atomic mass is 16.3. The molecule has 1 rings (SSSR count). The first-order valence-corrected chi connectivity index (χ1v) is 4.77. The van der Waals surface area contributed by atoms with E-state index in [9.17, 15) is 9.59 Å². The van der Waals surface area contributed by atoms with Gasteiger partial charge in [-0.25, -0.2) is 0 Å². The first-order chi connectivity index (χ1) is 7.17. The minimum absolute atomic E-state index is 0.0917. The second-order valence-electron chi connectivity index (χ2n) is 3.20. The lowest BCUT2D eigenvalue weighted by Gasteiger charge is -2.13. The SMILES string of the molecule is CC[C@H](CO)NC(=O)c1ccc(=O)[nH]c1. The number of carbonyl (C=O) groups is 1. The molecule has 0 spiro atoms. The smallest absolute Gasteiger partial charge is 0.253 e. The molecule has 3 N–H and O–H groups in total. The Bertz CT molecular complexity index is 362. The number of nitrogens with one attached hydrogen (secondary N) is 2. The van der Waals surface area contributed by atoms with Crippen LogP contribution in [0.15, 0.2) is 23.1 Å². The van der Waals surface area contributed by atoms with Crippen molar-refractivity contribution in [2.24, 2.45) is 0 Å². The van der Waals surface area contributed by atoms with E-state index >= 15 is 0 Å². The van der Waals surface area contributed by atoms with Crippen molar-refractivity contribution in [3.63, 3.8) is 0 Å². The second kappa shape index (κ2) is 5.31. The first kappa shape index (κ1) is 11.5. The standard InChI is InChI=1S/C10H14N2O3/c1-2-8(6-13)12-10(15)7-3-4-9(14)11-5-7/h3-5,8,13H,2,6H2,1H3,(H,11,14)(H,12,15)/t8-/m1/s1. The molecule has 0 radical (unpaired) electrons. The topological polar surface area (TPSA) is 82.2 Å². The van der Waals surface area contributed by atoms with Crippen LogP contribution in [0.2, 0.25) is 0 Å². The highest BCUT2D eigenvalue weighted by molar-refractivity contribution is 5.93. The van der Waals surface area contributed by atoms with Gasteiger partial charge in [-0.05, 0) is 12.5 Å². The van der Waals surface area contributed by atoms with Crippen molar-refractivity contribution < 1.29 is 9.90 Å². The molecule has 0 aromatic carbocycles. The van der Waals surface area contributed by atoms with Crippen molar-refractivity contribution in [2.75, 3.05) is 6.61 Å². The normalized spacial score (nSPS) is 12.1. The number of pyridine rings is 1. The molecule has 5 nitrogen and oxygen atoms in total. The third-order valence-corrected chi connectivity index (χ3v) is 2.09. The maximum absolute atomic E-state index is 11.5. The Morgan fingerprint density at radius 3 is 2.80 bits per heavy atom. The maximum Gasteiger partial charge on any atom is 0.253 e. The van der Waals surface area contributed by atoms with Crippen LogP contribution in [-0.2, 0) is 0 Å². The van der Waals surface area contributed by atoms with Crippen molar-refractivity contribution >= 4 is 5.91 Å². The Balaban J connectivity index is 2.68. The van der Waals surface area contributed by atoms with Gasteiger partial charge in [0.25, 0.3) is 5.91 Å². The van der Waals surface area contributed by atoms with E-state index in [1.807, 2.05) is 6.92 Å². The number of aliphatic hydroxyl groups excluding tert-OH is 1. The minimum atomic E-state index is -0.299. The van der Waals surface area contributed by atoms with E-state index in [0.717, 1.165) is 0 Å². The quantitative estimate of drug-likeness (QED) is 0.647. The summed E-state index contributed by atoms with van der Waals surface area (Å²) < 4.78 is 0. The van der Waals surface area contributed by atoms with E-state index in [2.05, 4.69) is 10.3 Å². The van der Waals surface area contributed by atoms with E-state index in [4.69, 9.17) is 5.11 Å². The fourth-order valence-electron chi connectivity index (χ4n) is 1.10. The molecule has 0 aliphatic carbocycles. The average molecular weight is 210 g/mol. The summed E-state index contributed by atoms with van der Waals surface area (Å²) in [5.41, 5.74) is 0.127. The largest absolute Gasteiger partial charge is 0.394 e. The Labute approximate surface area is 87.1 Å².